The van der Waals surface area contributed by atoms with Crippen molar-refractivity contribution in [3.63, 3.8) is 0 Å². The molecule has 0 saturated heterocycles. The van der Waals surface area contributed by atoms with Crippen LogP contribution in [0.2, 0.25) is 0 Å². The third kappa shape index (κ3) is 2.79. The molecule has 1 aromatic heterocycles. The molecule has 0 aliphatic carbocycles. The molecular weight excluding hydrogens is 224 g/mol. The molecule has 1 heterocycles. The Balaban J connectivity index is 2.34. The fourth-order valence-electron chi connectivity index (χ4n) is 2.02. The maximum atomic E-state index is 5.79. The van der Waals surface area contributed by atoms with Gasteiger partial charge in [0.1, 0.15) is 5.75 Å². The molecule has 1 aromatic carbocycles. The van der Waals surface area contributed by atoms with E-state index in [0.29, 0.717) is 6.54 Å². The van der Waals surface area contributed by atoms with Gasteiger partial charge in [0.2, 0.25) is 0 Å². The number of hydrogen-bond acceptors (Lipinski definition) is 3. The number of benzene rings is 1. The maximum Gasteiger partial charge on any atom is 0.120 e. The van der Waals surface area contributed by atoms with Crippen molar-refractivity contribution in [2.24, 2.45) is 5.73 Å². The molecule has 0 spiro atoms. The average molecular weight is 244 g/mol. The van der Waals surface area contributed by atoms with Crippen LogP contribution < -0.4 is 10.5 Å². The first kappa shape index (κ1) is 12.8. The molecule has 0 atom stereocenters. The average Bonchev–Trinajstić information content (AvgIpc) is 2.38. The van der Waals surface area contributed by atoms with Crippen molar-refractivity contribution in [3.05, 3.63) is 35.5 Å². The van der Waals surface area contributed by atoms with Crippen LogP contribution in [0.15, 0.2) is 24.3 Å². The van der Waals surface area contributed by atoms with Crippen molar-refractivity contribution in [1.29, 1.82) is 0 Å². The zero-order valence-corrected chi connectivity index (χ0v) is 11.1. The van der Waals surface area contributed by atoms with E-state index in [1.165, 1.54) is 0 Å². The quantitative estimate of drug-likeness (QED) is 0.822. The molecule has 0 saturated carbocycles. The minimum atomic E-state index is 0.526. The highest BCUT2D eigenvalue weighted by atomic mass is 16.5. The second-order valence-electron chi connectivity index (χ2n) is 4.51. The summed E-state index contributed by atoms with van der Waals surface area (Å²) in [6.45, 7) is 5.44. The molecule has 2 rings (SSSR count). The lowest BCUT2D eigenvalue weighted by molar-refractivity contribution is 0.310. The number of pyridine rings is 1. The van der Waals surface area contributed by atoms with E-state index in [4.69, 9.17) is 10.5 Å². The van der Waals surface area contributed by atoms with Gasteiger partial charge in [0.15, 0.2) is 0 Å². The van der Waals surface area contributed by atoms with Crippen molar-refractivity contribution >= 4 is 10.9 Å². The fraction of sp³-hybridized carbons (Fsp3) is 0.400. The highest BCUT2D eigenvalue weighted by Crippen LogP contribution is 2.23. The summed E-state index contributed by atoms with van der Waals surface area (Å²) in [5.74, 6) is 0.899. The fourth-order valence-corrected chi connectivity index (χ4v) is 2.02. The summed E-state index contributed by atoms with van der Waals surface area (Å²) in [7, 11) is 0. The van der Waals surface area contributed by atoms with E-state index in [-0.39, 0.29) is 0 Å². The molecule has 0 aliphatic heterocycles. The lowest BCUT2D eigenvalue weighted by Gasteiger charge is -2.09. The molecule has 0 fully saturated rings. The van der Waals surface area contributed by atoms with E-state index in [9.17, 15) is 0 Å². The second-order valence-corrected chi connectivity index (χ2v) is 4.51. The molecule has 3 heteroatoms. The lowest BCUT2D eigenvalue weighted by atomic mass is 10.1. The Kier molecular flexibility index (Phi) is 4.15. The lowest BCUT2D eigenvalue weighted by Crippen LogP contribution is -2.01. The largest absolute Gasteiger partial charge is 0.494 e. The monoisotopic (exact) mass is 244 g/mol. The maximum absolute atomic E-state index is 5.79. The molecule has 18 heavy (non-hydrogen) atoms. The first-order valence-corrected chi connectivity index (χ1v) is 6.47. The summed E-state index contributed by atoms with van der Waals surface area (Å²) in [6.07, 6.45) is 2.22. The van der Waals surface area contributed by atoms with E-state index >= 15 is 0 Å². The third-order valence-electron chi connectivity index (χ3n) is 2.98. The minimum Gasteiger partial charge on any atom is -0.494 e. The van der Waals surface area contributed by atoms with Gasteiger partial charge in [0.05, 0.1) is 12.1 Å². The summed E-state index contributed by atoms with van der Waals surface area (Å²) >= 11 is 0. The van der Waals surface area contributed by atoms with Gasteiger partial charge in [-0.3, -0.25) is 4.98 Å². The predicted molar refractivity (Wildman–Crippen MR) is 74.8 cm³/mol. The van der Waals surface area contributed by atoms with Gasteiger partial charge in [-0.2, -0.15) is 0 Å². The Bertz CT molecular complexity index is 537. The summed E-state index contributed by atoms with van der Waals surface area (Å²) in [4.78, 5) is 4.51. The van der Waals surface area contributed by atoms with E-state index < -0.39 is 0 Å². The van der Waals surface area contributed by atoms with Crippen LogP contribution in [0.5, 0.6) is 5.75 Å². The van der Waals surface area contributed by atoms with Crippen molar-refractivity contribution < 1.29 is 4.74 Å². The van der Waals surface area contributed by atoms with Crippen molar-refractivity contribution in [2.75, 3.05) is 6.61 Å². The Morgan fingerprint density at radius 2 is 2.11 bits per heavy atom. The number of nitrogens with zero attached hydrogens (tertiary/aromatic N) is 1. The van der Waals surface area contributed by atoms with Gasteiger partial charge >= 0.3 is 0 Å². The van der Waals surface area contributed by atoms with E-state index in [2.05, 4.69) is 11.9 Å². The summed E-state index contributed by atoms with van der Waals surface area (Å²) in [5, 5.41) is 1.09. The first-order chi connectivity index (χ1) is 8.74. The minimum absolute atomic E-state index is 0.526. The number of aromatic nitrogens is 1. The van der Waals surface area contributed by atoms with Crippen LogP contribution in [0.4, 0.5) is 0 Å². The van der Waals surface area contributed by atoms with Crippen molar-refractivity contribution in [3.8, 4) is 5.75 Å². The summed E-state index contributed by atoms with van der Waals surface area (Å²) < 4.78 is 5.72. The van der Waals surface area contributed by atoms with E-state index in [0.717, 1.165) is 47.4 Å². The van der Waals surface area contributed by atoms with Gasteiger partial charge in [-0.15, -0.1) is 0 Å². The number of unbranched alkanes of at least 4 members (excludes halogenated alkanes) is 1. The van der Waals surface area contributed by atoms with Crippen LogP contribution in [0.25, 0.3) is 10.9 Å². The molecule has 2 N–H and O–H groups in total. The smallest absolute Gasteiger partial charge is 0.120 e. The number of ether oxygens (including phenoxy) is 1. The highest BCUT2D eigenvalue weighted by Gasteiger charge is 2.04. The molecule has 3 nitrogen and oxygen atoms in total. The van der Waals surface area contributed by atoms with Gasteiger partial charge in [-0.05, 0) is 43.2 Å². The van der Waals surface area contributed by atoms with Crippen LogP contribution in [-0.4, -0.2) is 11.6 Å². The topological polar surface area (TPSA) is 48.1 Å². The SMILES string of the molecule is CCCCOc1ccc2nc(C)cc(CN)c2c1. The van der Waals surface area contributed by atoms with E-state index in [1.807, 2.05) is 31.2 Å². The normalized spacial score (nSPS) is 10.8. The van der Waals surface area contributed by atoms with E-state index in [1.54, 1.807) is 0 Å². The van der Waals surface area contributed by atoms with Crippen LogP contribution in [-0.2, 0) is 6.54 Å². The van der Waals surface area contributed by atoms with Crippen LogP contribution in [0.1, 0.15) is 31.0 Å². The van der Waals surface area contributed by atoms with Gasteiger partial charge < -0.3 is 10.5 Å². The highest BCUT2D eigenvalue weighted by molar-refractivity contribution is 5.83. The molecular formula is C15H20N2O. The van der Waals surface area contributed by atoms with Crippen LogP contribution in [0, 0.1) is 6.92 Å². The van der Waals surface area contributed by atoms with Crippen molar-refractivity contribution in [1.82, 2.24) is 4.98 Å². The number of nitrogens with two attached hydrogens (primary N) is 1. The predicted octanol–water partition coefficient (Wildman–Crippen LogP) is 3.18. The van der Waals surface area contributed by atoms with Gasteiger partial charge in [-0.25, -0.2) is 0 Å². The Morgan fingerprint density at radius 1 is 1.28 bits per heavy atom. The van der Waals surface area contributed by atoms with Crippen LogP contribution >= 0.6 is 0 Å². The first-order valence-electron chi connectivity index (χ1n) is 6.47. The Morgan fingerprint density at radius 3 is 2.83 bits per heavy atom. The van der Waals surface area contributed by atoms with Gasteiger partial charge in [0.25, 0.3) is 0 Å². The number of fused-ring (bicyclic) bond motifs is 1. The van der Waals surface area contributed by atoms with Gasteiger partial charge in [-0.1, -0.05) is 13.3 Å². The molecule has 2 aromatic rings. The van der Waals surface area contributed by atoms with Crippen LogP contribution in [0.3, 0.4) is 0 Å². The number of rotatable bonds is 5. The number of aryl methyl sites for hydroxylation is 1. The Hall–Kier alpha value is -1.61. The zero-order valence-electron chi connectivity index (χ0n) is 11.1. The van der Waals surface area contributed by atoms with Gasteiger partial charge in [0, 0.05) is 17.6 Å². The van der Waals surface area contributed by atoms with Crippen molar-refractivity contribution in [2.45, 2.75) is 33.2 Å². The second kappa shape index (κ2) is 5.83. The third-order valence-corrected chi connectivity index (χ3v) is 2.98. The molecule has 0 bridgehead atoms. The summed E-state index contributed by atoms with van der Waals surface area (Å²) in [5.41, 5.74) is 8.90. The Labute approximate surface area is 108 Å². The molecule has 96 valence electrons. The summed E-state index contributed by atoms with van der Waals surface area (Å²) in [6, 6.07) is 8.06. The molecule has 0 unspecified atom stereocenters. The number of hydrogen-bond donors (Lipinski definition) is 1. The molecule has 0 radical (unpaired) electrons. The standard InChI is InChI=1S/C15H20N2O/c1-3-4-7-18-13-5-6-15-14(9-13)12(10-16)8-11(2)17-15/h5-6,8-9H,3-4,7,10,16H2,1-2H3. The zero-order chi connectivity index (χ0) is 13.0. The molecule has 0 amide bonds. The molecule has 0 aliphatic rings.